The summed E-state index contributed by atoms with van der Waals surface area (Å²) in [7, 11) is 0. The number of amides is 1. The quantitative estimate of drug-likeness (QED) is 0.179. The van der Waals surface area contributed by atoms with E-state index in [-0.39, 0.29) is 24.0 Å². The van der Waals surface area contributed by atoms with Gasteiger partial charge in [0.2, 0.25) is 5.91 Å². The minimum atomic E-state index is -0.463. The molecule has 1 amide bonds. The lowest BCUT2D eigenvalue weighted by Crippen LogP contribution is -2.23. The van der Waals surface area contributed by atoms with Gasteiger partial charge in [0.05, 0.1) is 5.25 Å². The Morgan fingerprint density at radius 2 is 1.91 bits per heavy atom. The van der Waals surface area contributed by atoms with Crippen LogP contribution in [-0.4, -0.2) is 31.7 Å². The fourth-order valence-corrected chi connectivity index (χ4v) is 4.30. The zero-order valence-corrected chi connectivity index (χ0v) is 21.1. The topological polar surface area (TPSA) is 86.1 Å². The summed E-state index contributed by atoms with van der Waals surface area (Å²) in [6, 6.07) is 13.1. The molecule has 0 spiro atoms. The molecule has 0 aliphatic carbocycles. The summed E-state index contributed by atoms with van der Waals surface area (Å²) in [6.45, 7) is 6.18. The van der Waals surface area contributed by atoms with Gasteiger partial charge in [-0.05, 0) is 44.5 Å². The third-order valence-electron chi connectivity index (χ3n) is 5.41. The predicted octanol–water partition coefficient (Wildman–Crippen LogP) is 5.90. The number of ketones is 1. The number of para-hydroxylation sites is 1. The Hall–Kier alpha value is -3.20. The monoisotopic (exact) mass is 498 g/mol. The highest BCUT2D eigenvalue weighted by Crippen LogP contribution is 2.25. The lowest BCUT2D eigenvalue weighted by atomic mass is 10.1. The van der Waals surface area contributed by atoms with Crippen LogP contribution in [0, 0.1) is 5.82 Å². The zero-order chi connectivity index (χ0) is 25.2. The van der Waals surface area contributed by atoms with Crippen molar-refractivity contribution >= 4 is 29.1 Å². The third kappa shape index (κ3) is 7.65. The number of nitrogens with zero attached hydrogens (tertiary/aromatic N) is 3. The van der Waals surface area contributed by atoms with E-state index in [1.54, 1.807) is 49.4 Å². The molecule has 0 fully saturated rings. The van der Waals surface area contributed by atoms with E-state index in [4.69, 9.17) is 4.74 Å². The lowest BCUT2D eigenvalue weighted by molar-refractivity contribution is -0.115. The van der Waals surface area contributed by atoms with Gasteiger partial charge in [0, 0.05) is 17.8 Å². The van der Waals surface area contributed by atoms with Crippen molar-refractivity contribution in [1.82, 2.24) is 14.8 Å². The van der Waals surface area contributed by atoms with E-state index in [1.807, 2.05) is 4.57 Å². The SMILES string of the molecule is CCCCCCn1c(COc2ccccc2F)nnc1S[C@@H](C)C(=O)Nc1cccc(C(C)=O)c1. The summed E-state index contributed by atoms with van der Waals surface area (Å²) >= 11 is 1.30. The van der Waals surface area contributed by atoms with Crippen LogP contribution in [0.4, 0.5) is 10.1 Å². The highest BCUT2D eigenvalue weighted by molar-refractivity contribution is 8.00. The van der Waals surface area contributed by atoms with Gasteiger partial charge >= 0.3 is 0 Å². The van der Waals surface area contributed by atoms with Crippen molar-refractivity contribution in [1.29, 1.82) is 0 Å². The summed E-state index contributed by atoms with van der Waals surface area (Å²) < 4.78 is 21.6. The summed E-state index contributed by atoms with van der Waals surface area (Å²) in [5, 5.41) is 11.6. The first-order valence-electron chi connectivity index (χ1n) is 11.8. The number of unbranched alkanes of at least 4 members (excludes halogenated alkanes) is 3. The molecule has 3 rings (SSSR count). The van der Waals surface area contributed by atoms with Gasteiger partial charge in [-0.3, -0.25) is 9.59 Å². The Morgan fingerprint density at radius 1 is 1.11 bits per heavy atom. The molecule has 2 aromatic carbocycles. The molecule has 3 aromatic rings. The number of carbonyl (C=O) groups is 2. The molecule has 186 valence electrons. The number of nitrogens with one attached hydrogen (secondary N) is 1. The zero-order valence-electron chi connectivity index (χ0n) is 20.3. The van der Waals surface area contributed by atoms with E-state index in [1.165, 1.54) is 24.8 Å². The number of halogens is 1. The maximum absolute atomic E-state index is 14.0. The number of rotatable bonds is 13. The van der Waals surface area contributed by atoms with Gasteiger partial charge < -0.3 is 14.6 Å². The fraction of sp³-hybridized carbons (Fsp3) is 0.385. The molecule has 0 bridgehead atoms. The van der Waals surface area contributed by atoms with Gasteiger partial charge in [-0.2, -0.15) is 0 Å². The second-order valence-corrected chi connectivity index (χ2v) is 9.52. The maximum Gasteiger partial charge on any atom is 0.237 e. The third-order valence-corrected chi connectivity index (χ3v) is 6.49. The molecular formula is C26H31FN4O3S. The average Bonchev–Trinajstić information content (AvgIpc) is 3.22. The molecule has 0 aliphatic heterocycles. The van der Waals surface area contributed by atoms with E-state index in [0.717, 1.165) is 25.7 Å². The summed E-state index contributed by atoms with van der Waals surface area (Å²) in [6.07, 6.45) is 4.25. The number of aromatic nitrogens is 3. The van der Waals surface area contributed by atoms with Gasteiger partial charge in [0.15, 0.2) is 28.3 Å². The van der Waals surface area contributed by atoms with Crippen molar-refractivity contribution in [3.05, 3.63) is 65.7 Å². The van der Waals surface area contributed by atoms with Gasteiger partial charge in [-0.15, -0.1) is 10.2 Å². The molecule has 1 atom stereocenters. The minimum Gasteiger partial charge on any atom is -0.483 e. The van der Waals surface area contributed by atoms with Crippen molar-refractivity contribution < 1.29 is 18.7 Å². The number of hydrogen-bond acceptors (Lipinski definition) is 6. The van der Waals surface area contributed by atoms with Crippen LogP contribution in [0.5, 0.6) is 5.75 Å². The van der Waals surface area contributed by atoms with Crippen LogP contribution in [0.15, 0.2) is 53.7 Å². The number of anilines is 1. The molecule has 7 nitrogen and oxygen atoms in total. The van der Waals surface area contributed by atoms with E-state index in [2.05, 4.69) is 22.4 Å². The first kappa shape index (κ1) is 26.4. The van der Waals surface area contributed by atoms with Crippen LogP contribution in [-0.2, 0) is 17.9 Å². The van der Waals surface area contributed by atoms with Crippen LogP contribution in [0.25, 0.3) is 0 Å². The summed E-state index contributed by atoms with van der Waals surface area (Å²) in [5.41, 5.74) is 1.10. The lowest BCUT2D eigenvalue weighted by Gasteiger charge is -2.14. The highest BCUT2D eigenvalue weighted by Gasteiger charge is 2.21. The van der Waals surface area contributed by atoms with E-state index >= 15 is 0 Å². The van der Waals surface area contributed by atoms with E-state index in [9.17, 15) is 14.0 Å². The Kier molecular flexibility index (Phi) is 9.84. The molecule has 1 N–H and O–H groups in total. The second-order valence-electron chi connectivity index (χ2n) is 8.22. The van der Waals surface area contributed by atoms with Crippen LogP contribution < -0.4 is 10.1 Å². The minimum absolute atomic E-state index is 0.0650. The molecule has 0 unspecified atom stereocenters. The largest absolute Gasteiger partial charge is 0.483 e. The van der Waals surface area contributed by atoms with E-state index in [0.29, 0.717) is 28.8 Å². The fourth-order valence-electron chi connectivity index (χ4n) is 3.41. The molecule has 9 heteroatoms. The number of thioether (sulfide) groups is 1. The second kappa shape index (κ2) is 13.0. The van der Waals surface area contributed by atoms with Crippen molar-refractivity contribution in [3.8, 4) is 5.75 Å². The molecule has 0 radical (unpaired) electrons. The van der Waals surface area contributed by atoms with Gasteiger partial charge in [-0.25, -0.2) is 4.39 Å². The van der Waals surface area contributed by atoms with Crippen LogP contribution >= 0.6 is 11.8 Å². The molecule has 0 saturated heterocycles. The number of hydrogen-bond donors (Lipinski definition) is 1. The van der Waals surface area contributed by atoms with Crippen LogP contribution in [0.2, 0.25) is 0 Å². The van der Waals surface area contributed by atoms with Gasteiger partial charge in [0.25, 0.3) is 0 Å². The number of ether oxygens (including phenoxy) is 1. The molecule has 0 saturated carbocycles. The highest BCUT2D eigenvalue weighted by atomic mass is 32.2. The Bertz CT molecular complexity index is 1150. The van der Waals surface area contributed by atoms with Gasteiger partial charge in [0.1, 0.15) is 6.61 Å². The Labute approximate surface area is 209 Å². The van der Waals surface area contributed by atoms with Crippen molar-refractivity contribution in [3.63, 3.8) is 0 Å². The number of benzene rings is 2. The average molecular weight is 499 g/mol. The first-order chi connectivity index (χ1) is 16.9. The molecule has 35 heavy (non-hydrogen) atoms. The van der Waals surface area contributed by atoms with Crippen molar-refractivity contribution in [2.75, 3.05) is 5.32 Å². The standard InChI is InChI=1S/C26H31FN4O3S/c1-4-5-6-9-15-31-24(17-34-23-14-8-7-13-22(23)27)29-30-26(31)35-19(3)25(33)28-21-12-10-11-20(16-21)18(2)32/h7-8,10-14,16,19H,4-6,9,15,17H2,1-3H3,(H,28,33)/t19-/m0/s1. The van der Waals surface area contributed by atoms with Crippen molar-refractivity contribution in [2.24, 2.45) is 0 Å². The van der Waals surface area contributed by atoms with Crippen LogP contribution in [0.3, 0.4) is 0 Å². The van der Waals surface area contributed by atoms with E-state index < -0.39 is 11.1 Å². The van der Waals surface area contributed by atoms with Crippen molar-refractivity contribution in [2.45, 2.75) is 70.0 Å². The molecule has 1 heterocycles. The Morgan fingerprint density at radius 3 is 2.66 bits per heavy atom. The summed E-state index contributed by atoms with van der Waals surface area (Å²) in [5.74, 6) is 0.0252. The summed E-state index contributed by atoms with van der Waals surface area (Å²) in [4.78, 5) is 24.4. The van der Waals surface area contributed by atoms with Crippen LogP contribution in [0.1, 0.15) is 62.6 Å². The van der Waals surface area contributed by atoms with Gasteiger partial charge in [-0.1, -0.05) is 62.2 Å². The Balaban J connectivity index is 1.70. The normalized spacial score (nSPS) is 11.8. The molecule has 0 aliphatic rings. The number of Topliss-reactive ketones (excluding diaryl/α,β-unsaturated/α-hetero) is 1. The molecule has 1 aromatic heterocycles. The first-order valence-corrected chi connectivity index (χ1v) is 12.6. The smallest absolute Gasteiger partial charge is 0.237 e. The molecular weight excluding hydrogens is 467 g/mol. The number of carbonyl (C=O) groups excluding carboxylic acids is 2. The predicted molar refractivity (Wildman–Crippen MR) is 135 cm³/mol. The maximum atomic E-state index is 14.0.